The maximum Gasteiger partial charge on any atom is 0.317 e. The highest BCUT2D eigenvalue weighted by Crippen LogP contribution is 2.02. The molecule has 2 N–H and O–H groups in total. The van der Waals surface area contributed by atoms with Crippen molar-refractivity contribution in [2.24, 2.45) is 5.92 Å². The van der Waals surface area contributed by atoms with Crippen molar-refractivity contribution in [2.75, 3.05) is 32.1 Å². The number of carbonyl (C=O) groups excluding carboxylic acids is 1. The van der Waals surface area contributed by atoms with Gasteiger partial charge in [0.15, 0.2) is 0 Å². The van der Waals surface area contributed by atoms with Gasteiger partial charge in [-0.15, -0.1) is 0 Å². The van der Waals surface area contributed by atoms with Crippen LogP contribution in [-0.4, -0.2) is 54.2 Å². The molecule has 1 atom stereocenters. The van der Waals surface area contributed by atoms with Crippen molar-refractivity contribution in [1.29, 1.82) is 0 Å². The van der Waals surface area contributed by atoms with E-state index in [2.05, 4.69) is 12.2 Å². The minimum atomic E-state index is -0.893. The van der Waals surface area contributed by atoms with Crippen molar-refractivity contribution < 1.29 is 14.7 Å². The topological polar surface area (TPSA) is 69.6 Å². The van der Waals surface area contributed by atoms with Crippen molar-refractivity contribution in [3.8, 4) is 0 Å². The Morgan fingerprint density at radius 2 is 2.12 bits per heavy atom. The number of carboxylic acid groups (broad SMARTS) is 1. The summed E-state index contributed by atoms with van der Waals surface area (Å²) in [6, 6.07) is -0.214. The second-order valence-corrected chi connectivity index (χ2v) is 4.72. The first-order chi connectivity index (χ1) is 7.47. The molecular weight excluding hydrogens is 228 g/mol. The molecule has 16 heavy (non-hydrogen) atoms. The maximum atomic E-state index is 11.5. The zero-order valence-corrected chi connectivity index (χ0v) is 10.8. The normalized spacial score (nSPS) is 11.9. The molecule has 0 aliphatic heterocycles. The standard InChI is InChI=1S/C10H20N2O3S/c1-8(7-16-3)6-11-10(15)12(2)5-4-9(13)14/h8H,4-7H2,1-3H3,(H,11,15)(H,13,14). The van der Waals surface area contributed by atoms with Gasteiger partial charge in [0.05, 0.1) is 6.42 Å². The number of carboxylic acids is 1. The molecule has 94 valence electrons. The number of rotatable bonds is 7. The van der Waals surface area contributed by atoms with E-state index in [-0.39, 0.29) is 19.0 Å². The average molecular weight is 248 g/mol. The van der Waals surface area contributed by atoms with E-state index in [1.807, 2.05) is 6.26 Å². The molecule has 0 bridgehead atoms. The maximum absolute atomic E-state index is 11.5. The van der Waals surface area contributed by atoms with Gasteiger partial charge < -0.3 is 15.3 Å². The van der Waals surface area contributed by atoms with E-state index in [0.717, 1.165) is 5.75 Å². The fraction of sp³-hybridized carbons (Fsp3) is 0.800. The van der Waals surface area contributed by atoms with Crippen molar-refractivity contribution >= 4 is 23.8 Å². The Kier molecular flexibility index (Phi) is 7.80. The fourth-order valence-corrected chi connectivity index (χ4v) is 1.79. The van der Waals surface area contributed by atoms with Crippen LogP contribution in [0.1, 0.15) is 13.3 Å². The van der Waals surface area contributed by atoms with Gasteiger partial charge in [0.2, 0.25) is 0 Å². The molecule has 0 saturated heterocycles. The molecule has 0 fully saturated rings. The molecule has 0 aromatic rings. The smallest absolute Gasteiger partial charge is 0.317 e. The van der Waals surface area contributed by atoms with E-state index in [1.54, 1.807) is 18.8 Å². The number of carbonyl (C=O) groups is 2. The van der Waals surface area contributed by atoms with E-state index in [4.69, 9.17) is 5.11 Å². The molecule has 0 aliphatic carbocycles. The summed E-state index contributed by atoms with van der Waals surface area (Å²) in [4.78, 5) is 23.2. The molecule has 0 spiro atoms. The van der Waals surface area contributed by atoms with E-state index >= 15 is 0 Å². The van der Waals surface area contributed by atoms with Crippen LogP contribution in [0.2, 0.25) is 0 Å². The Morgan fingerprint density at radius 1 is 1.50 bits per heavy atom. The van der Waals surface area contributed by atoms with Crippen LogP contribution in [0.25, 0.3) is 0 Å². The first-order valence-electron chi connectivity index (χ1n) is 5.17. The van der Waals surface area contributed by atoms with Crippen molar-refractivity contribution in [3.63, 3.8) is 0 Å². The highest BCUT2D eigenvalue weighted by Gasteiger charge is 2.10. The van der Waals surface area contributed by atoms with Gasteiger partial charge in [-0.1, -0.05) is 6.92 Å². The number of amides is 2. The van der Waals surface area contributed by atoms with Crippen LogP contribution in [0.5, 0.6) is 0 Å². The molecule has 0 aromatic heterocycles. The van der Waals surface area contributed by atoms with Crippen molar-refractivity contribution in [2.45, 2.75) is 13.3 Å². The van der Waals surface area contributed by atoms with Crippen molar-refractivity contribution in [1.82, 2.24) is 10.2 Å². The number of nitrogens with one attached hydrogen (secondary N) is 1. The summed E-state index contributed by atoms with van der Waals surface area (Å²) < 4.78 is 0. The van der Waals surface area contributed by atoms with Crippen LogP contribution in [0.15, 0.2) is 0 Å². The fourth-order valence-electron chi connectivity index (χ4n) is 1.10. The molecule has 0 heterocycles. The molecule has 2 amide bonds. The van der Waals surface area contributed by atoms with Crippen molar-refractivity contribution in [3.05, 3.63) is 0 Å². The number of nitrogens with zero attached hydrogens (tertiary/aromatic N) is 1. The van der Waals surface area contributed by atoms with Gasteiger partial charge in [0.1, 0.15) is 0 Å². The molecule has 5 nitrogen and oxygen atoms in total. The molecule has 1 unspecified atom stereocenters. The third-order valence-corrected chi connectivity index (χ3v) is 2.96. The summed E-state index contributed by atoms with van der Waals surface area (Å²) in [7, 11) is 1.59. The van der Waals surface area contributed by atoms with Gasteiger partial charge in [-0.05, 0) is 17.9 Å². The molecule has 0 aromatic carbocycles. The molecule has 0 saturated carbocycles. The van der Waals surface area contributed by atoms with Crippen LogP contribution >= 0.6 is 11.8 Å². The Labute approximate surface area is 101 Å². The lowest BCUT2D eigenvalue weighted by molar-refractivity contribution is -0.137. The Morgan fingerprint density at radius 3 is 2.62 bits per heavy atom. The molecule has 0 aliphatic rings. The predicted octanol–water partition coefficient (Wildman–Crippen LogP) is 1.10. The van der Waals surface area contributed by atoms with Gasteiger partial charge in [0, 0.05) is 20.1 Å². The Hall–Kier alpha value is -0.910. The number of hydrogen-bond donors (Lipinski definition) is 2. The Bertz CT molecular complexity index is 236. The van der Waals surface area contributed by atoms with Crippen LogP contribution < -0.4 is 5.32 Å². The molecule has 6 heteroatoms. The SMILES string of the molecule is CSCC(C)CNC(=O)N(C)CCC(=O)O. The van der Waals surface area contributed by atoms with Crippen LogP contribution in [-0.2, 0) is 4.79 Å². The van der Waals surface area contributed by atoms with E-state index in [9.17, 15) is 9.59 Å². The minimum Gasteiger partial charge on any atom is -0.481 e. The molecule has 0 rings (SSSR count). The summed E-state index contributed by atoms with van der Waals surface area (Å²) in [5, 5.41) is 11.2. The zero-order chi connectivity index (χ0) is 12.6. The van der Waals surface area contributed by atoms with Crippen LogP contribution in [0.3, 0.4) is 0 Å². The zero-order valence-electron chi connectivity index (χ0n) is 10.0. The van der Waals surface area contributed by atoms with Gasteiger partial charge >= 0.3 is 12.0 Å². The van der Waals surface area contributed by atoms with E-state index in [1.165, 1.54) is 4.90 Å². The van der Waals surface area contributed by atoms with Gasteiger partial charge in [-0.2, -0.15) is 11.8 Å². The first kappa shape index (κ1) is 15.1. The minimum absolute atomic E-state index is 0.0235. The second kappa shape index (κ2) is 8.27. The lowest BCUT2D eigenvalue weighted by atomic mass is 10.2. The highest BCUT2D eigenvalue weighted by molar-refractivity contribution is 7.98. The number of hydrogen-bond acceptors (Lipinski definition) is 3. The predicted molar refractivity (Wildman–Crippen MR) is 65.8 cm³/mol. The van der Waals surface area contributed by atoms with Gasteiger partial charge in [0.25, 0.3) is 0 Å². The quantitative estimate of drug-likeness (QED) is 0.708. The van der Waals surface area contributed by atoms with Gasteiger partial charge in [-0.25, -0.2) is 4.79 Å². The summed E-state index contributed by atoms with van der Waals surface area (Å²) in [5.74, 6) is 0.529. The van der Waals surface area contributed by atoms with Crippen LogP contribution in [0.4, 0.5) is 4.79 Å². The first-order valence-corrected chi connectivity index (χ1v) is 6.56. The molecular formula is C10H20N2O3S. The lowest BCUT2D eigenvalue weighted by Crippen LogP contribution is -2.40. The number of urea groups is 1. The summed E-state index contributed by atoms with van der Waals surface area (Å²) in [6.07, 6.45) is 2.00. The third kappa shape index (κ3) is 7.39. The van der Waals surface area contributed by atoms with E-state index < -0.39 is 5.97 Å². The van der Waals surface area contributed by atoms with Gasteiger partial charge in [-0.3, -0.25) is 4.79 Å². The number of thioether (sulfide) groups is 1. The summed E-state index contributed by atoms with van der Waals surface area (Å²) in [5.41, 5.74) is 0. The largest absolute Gasteiger partial charge is 0.481 e. The monoisotopic (exact) mass is 248 g/mol. The lowest BCUT2D eigenvalue weighted by Gasteiger charge is -2.18. The average Bonchev–Trinajstić information content (AvgIpc) is 2.22. The number of aliphatic carboxylic acids is 1. The highest BCUT2D eigenvalue weighted by atomic mass is 32.2. The molecule has 0 radical (unpaired) electrons. The van der Waals surface area contributed by atoms with E-state index in [0.29, 0.717) is 12.5 Å². The summed E-state index contributed by atoms with van der Waals surface area (Å²) in [6.45, 7) is 2.92. The summed E-state index contributed by atoms with van der Waals surface area (Å²) >= 11 is 1.74. The Balaban J connectivity index is 3.74. The third-order valence-electron chi connectivity index (χ3n) is 2.06. The van der Waals surface area contributed by atoms with Crippen LogP contribution in [0, 0.1) is 5.92 Å². The second-order valence-electron chi connectivity index (χ2n) is 3.81.